The van der Waals surface area contributed by atoms with E-state index < -0.39 is 0 Å². The molecule has 0 aromatic carbocycles. The molecule has 3 aromatic heterocycles. The van der Waals surface area contributed by atoms with Crippen LogP contribution < -0.4 is 11.1 Å². The Hall–Kier alpha value is -3.00. The number of nitrogens with zero attached hydrogens (tertiary/aromatic N) is 5. The summed E-state index contributed by atoms with van der Waals surface area (Å²) in [5, 5.41) is 4.36. The van der Waals surface area contributed by atoms with Gasteiger partial charge >= 0.3 is 0 Å². The van der Waals surface area contributed by atoms with E-state index in [2.05, 4.69) is 62.6 Å². The lowest BCUT2D eigenvalue weighted by Gasteiger charge is -2.28. The second kappa shape index (κ2) is 8.79. The predicted octanol–water partition coefficient (Wildman–Crippen LogP) is 2.33. The number of nitrogens with one attached hydrogen (secondary N) is 1. The largest absolute Gasteiger partial charge is 0.372 e. The third-order valence-corrected chi connectivity index (χ3v) is 5.27. The van der Waals surface area contributed by atoms with Crippen LogP contribution in [0.15, 0.2) is 30.7 Å². The summed E-state index contributed by atoms with van der Waals surface area (Å²) in [5.74, 6) is 1.93. The Morgan fingerprint density at radius 2 is 1.75 bits per heavy atom. The molecule has 28 heavy (non-hydrogen) atoms. The number of primary amides is 1. The van der Waals surface area contributed by atoms with Crippen molar-refractivity contribution < 1.29 is 4.79 Å². The molecule has 0 aliphatic carbocycles. The standard InChI is InChI=1S/C19H24N6.CH3NO/c1-13-8-15-10-20-18(9-17(15)25(13)3)23-19-21-11-16(12-22-19)14-4-6-24(2)7-5-14;2-1-3/h8-12,14H,4-7H2,1-3H3,(H,20,21,22,23);1H,(H2,2,3). The number of nitrogens with two attached hydrogens (primary N) is 1. The lowest BCUT2D eigenvalue weighted by Crippen LogP contribution is -2.29. The van der Waals surface area contributed by atoms with Crippen LogP contribution in [-0.4, -0.2) is 51.0 Å². The number of fused-ring (bicyclic) bond motifs is 1. The first-order valence-corrected chi connectivity index (χ1v) is 9.36. The Morgan fingerprint density at radius 1 is 1.11 bits per heavy atom. The van der Waals surface area contributed by atoms with Gasteiger partial charge in [0.15, 0.2) is 0 Å². The van der Waals surface area contributed by atoms with Crippen molar-refractivity contribution in [2.24, 2.45) is 12.8 Å². The highest BCUT2D eigenvalue weighted by atomic mass is 16.1. The summed E-state index contributed by atoms with van der Waals surface area (Å²) in [6, 6.07) is 4.18. The van der Waals surface area contributed by atoms with Crippen LogP contribution in [0.3, 0.4) is 0 Å². The average molecular weight is 381 g/mol. The van der Waals surface area contributed by atoms with Crippen molar-refractivity contribution in [3.05, 3.63) is 42.0 Å². The monoisotopic (exact) mass is 381 g/mol. The minimum Gasteiger partial charge on any atom is -0.372 e. The molecule has 1 amide bonds. The maximum Gasteiger partial charge on any atom is 0.228 e. The van der Waals surface area contributed by atoms with Crippen LogP contribution in [0.2, 0.25) is 0 Å². The molecule has 0 saturated carbocycles. The zero-order valence-electron chi connectivity index (χ0n) is 16.6. The molecule has 0 atom stereocenters. The number of carbonyl (C=O) groups is 1. The van der Waals surface area contributed by atoms with Crippen LogP contribution in [0.4, 0.5) is 11.8 Å². The van der Waals surface area contributed by atoms with E-state index in [1.165, 1.54) is 24.1 Å². The van der Waals surface area contributed by atoms with E-state index in [0.717, 1.165) is 29.8 Å². The predicted molar refractivity (Wildman–Crippen MR) is 110 cm³/mol. The smallest absolute Gasteiger partial charge is 0.228 e. The van der Waals surface area contributed by atoms with Gasteiger partial charge < -0.3 is 20.5 Å². The zero-order chi connectivity index (χ0) is 20.1. The van der Waals surface area contributed by atoms with Crippen LogP contribution in [0, 0.1) is 6.92 Å². The quantitative estimate of drug-likeness (QED) is 0.675. The summed E-state index contributed by atoms with van der Waals surface area (Å²) in [6.45, 7) is 4.38. The number of hydrogen-bond acceptors (Lipinski definition) is 6. The number of aryl methyl sites for hydroxylation is 2. The molecule has 0 bridgehead atoms. The number of likely N-dealkylation sites (tertiary alicyclic amines) is 1. The van der Waals surface area contributed by atoms with Gasteiger partial charge in [0.05, 0.1) is 5.52 Å². The summed E-state index contributed by atoms with van der Waals surface area (Å²) in [6.07, 6.45) is 8.40. The topological polar surface area (TPSA) is 102 Å². The molecule has 1 fully saturated rings. The lowest BCUT2D eigenvalue weighted by molar-refractivity contribution is -0.106. The van der Waals surface area contributed by atoms with E-state index >= 15 is 0 Å². The van der Waals surface area contributed by atoms with Crippen molar-refractivity contribution in [2.75, 3.05) is 25.5 Å². The van der Waals surface area contributed by atoms with Crippen molar-refractivity contribution in [1.29, 1.82) is 0 Å². The van der Waals surface area contributed by atoms with Gasteiger partial charge in [0.2, 0.25) is 12.4 Å². The van der Waals surface area contributed by atoms with E-state index in [0.29, 0.717) is 11.9 Å². The number of anilines is 2. The number of amides is 1. The van der Waals surface area contributed by atoms with E-state index in [4.69, 9.17) is 4.79 Å². The fraction of sp³-hybridized carbons (Fsp3) is 0.400. The van der Waals surface area contributed by atoms with Crippen molar-refractivity contribution in [3.8, 4) is 0 Å². The summed E-state index contributed by atoms with van der Waals surface area (Å²) in [5.41, 5.74) is 7.77. The second-order valence-electron chi connectivity index (χ2n) is 7.15. The molecule has 0 spiro atoms. The molecular formula is C20H27N7O. The van der Waals surface area contributed by atoms with Gasteiger partial charge in [0, 0.05) is 42.8 Å². The average Bonchev–Trinajstić information content (AvgIpc) is 2.98. The van der Waals surface area contributed by atoms with Gasteiger partial charge in [-0.05, 0) is 57.5 Å². The fourth-order valence-corrected chi connectivity index (χ4v) is 3.51. The van der Waals surface area contributed by atoms with Crippen molar-refractivity contribution >= 4 is 29.1 Å². The molecule has 148 valence electrons. The van der Waals surface area contributed by atoms with Gasteiger partial charge in [0.25, 0.3) is 0 Å². The minimum atomic E-state index is 0.250. The minimum absolute atomic E-state index is 0.250. The molecule has 4 rings (SSSR count). The Kier molecular flexibility index (Phi) is 6.20. The molecule has 8 nitrogen and oxygen atoms in total. The first kappa shape index (κ1) is 19.8. The highest BCUT2D eigenvalue weighted by Gasteiger charge is 2.19. The van der Waals surface area contributed by atoms with Crippen LogP contribution in [0.25, 0.3) is 10.9 Å². The first-order chi connectivity index (χ1) is 13.5. The van der Waals surface area contributed by atoms with Crippen LogP contribution >= 0.6 is 0 Å². The molecule has 3 aromatic rings. The summed E-state index contributed by atoms with van der Waals surface area (Å²) >= 11 is 0. The highest BCUT2D eigenvalue weighted by molar-refractivity contribution is 5.83. The Balaban J connectivity index is 0.000000706. The third-order valence-electron chi connectivity index (χ3n) is 5.27. The molecular weight excluding hydrogens is 354 g/mol. The summed E-state index contributed by atoms with van der Waals surface area (Å²) < 4.78 is 2.16. The number of piperidine rings is 1. The SMILES string of the molecule is Cc1cc2cnc(Nc3ncc(C4CCN(C)CC4)cn3)cc2n1C.NC=O. The molecule has 1 saturated heterocycles. The molecule has 0 unspecified atom stereocenters. The maximum absolute atomic E-state index is 8.58. The lowest BCUT2D eigenvalue weighted by atomic mass is 9.92. The van der Waals surface area contributed by atoms with E-state index in [1.54, 1.807) is 0 Å². The normalized spacial score (nSPS) is 15.1. The Labute approximate surface area is 164 Å². The van der Waals surface area contributed by atoms with Gasteiger partial charge in [-0.15, -0.1) is 0 Å². The number of carbonyl (C=O) groups excluding carboxylic acids is 1. The summed E-state index contributed by atoms with van der Waals surface area (Å²) in [7, 11) is 4.24. The fourth-order valence-electron chi connectivity index (χ4n) is 3.51. The zero-order valence-corrected chi connectivity index (χ0v) is 16.6. The third kappa shape index (κ3) is 4.45. The van der Waals surface area contributed by atoms with Crippen LogP contribution in [0.5, 0.6) is 0 Å². The molecule has 4 heterocycles. The van der Waals surface area contributed by atoms with Gasteiger partial charge in [0.1, 0.15) is 5.82 Å². The molecule has 8 heteroatoms. The highest BCUT2D eigenvalue weighted by Crippen LogP contribution is 2.27. The number of rotatable bonds is 3. The van der Waals surface area contributed by atoms with Crippen LogP contribution in [-0.2, 0) is 11.8 Å². The number of pyridine rings is 1. The summed E-state index contributed by atoms with van der Waals surface area (Å²) in [4.78, 5) is 24.4. The molecule has 0 radical (unpaired) electrons. The van der Waals surface area contributed by atoms with Crippen LogP contribution in [0.1, 0.15) is 30.0 Å². The first-order valence-electron chi connectivity index (χ1n) is 9.36. The Morgan fingerprint density at radius 3 is 2.39 bits per heavy atom. The molecule has 1 aliphatic rings. The second-order valence-corrected chi connectivity index (χ2v) is 7.15. The van der Waals surface area contributed by atoms with E-state index in [1.807, 2.05) is 24.7 Å². The van der Waals surface area contributed by atoms with Gasteiger partial charge in [-0.3, -0.25) is 4.79 Å². The number of hydrogen-bond donors (Lipinski definition) is 2. The van der Waals surface area contributed by atoms with E-state index in [9.17, 15) is 0 Å². The van der Waals surface area contributed by atoms with Crippen molar-refractivity contribution in [2.45, 2.75) is 25.7 Å². The van der Waals surface area contributed by atoms with Gasteiger partial charge in [-0.1, -0.05) is 0 Å². The molecule has 3 N–H and O–H groups in total. The van der Waals surface area contributed by atoms with Crippen molar-refractivity contribution in [3.63, 3.8) is 0 Å². The van der Waals surface area contributed by atoms with Crippen molar-refractivity contribution in [1.82, 2.24) is 24.4 Å². The Bertz CT molecular complexity index is 928. The molecule has 1 aliphatic heterocycles. The van der Waals surface area contributed by atoms with Gasteiger partial charge in [-0.2, -0.15) is 0 Å². The maximum atomic E-state index is 8.58. The van der Waals surface area contributed by atoms with E-state index in [-0.39, 0.29) is 6.41 Å². The van der Waals surface area contributed by atoms with Gasteiger partial charge in [-0.25, -0.2) is 15.0 Å². The number of aromatic nitrogens is 4.